The summed E-state index contributed by atoms with van der Waals surface area (Å²) in [6.07, 6.45) is -2.53. The van der Waals surface area contributed by atoms with Gasteiger partial charge in [-0.3, -0.25) is 9.78 Å². The van der Waals surface area contributed by atoms with E-state index < -0.39 is 48.8 Å². The molecule has 3 heterocycles. The van der Waals surface area contributed by atoms with Crippen LogP contribution in [0.3, 0.4) is 0 Å². The molecule has 0 saturated carbocycles. The Kier molecular flexibility index (Phi) is 3.64. The molecule has 0 spiro atoms. The van der Waals surface area contributed by atoms with Crippen molar-refractivity contribution >= 4 is 5.91 Å². The van der Waals surface area contributed by atoms with Crippen LogP contribution in [0.4, 0.5) is 17.6 Å². The number of nitrogens with zero attached hydrogens (tertiary/aromatic N) is 4. The van der Waals surface area contributed by atoms with Gasteiger partial charge in [-0.05, 0) is 47.9 Å². The van der Waals surface area contributed by atoms with Crippen molar-refractivity contribution in [2.75, 3.05) is 13.5 Å². The van der Waals surface area contributed by atoms with Crippen molar-refractivity contribution in [1.82, 2.24) is 19.9 Å². The highest BCUT2D eigenvalue weighted by Gasteiger charge is 2.32. The summed E-state index contributed by atoms with van der Waals surface area (Å²) in [5, 5.41) is 0. The van der Waals surface area contributed by atoms with Gasteiger partial charge in [0.15, 0.2) is 0 Å². The summed E-state index contributed by atoms with van der Waals surface area (Å²) in [4.78, 5) is 25.8. The van der Waals surface area contributed by atoms with Crippen molar-refractivity contribution in [2.45, 2.75) is 25.4 Å². The third-order valence-electron chi connectivity index (χ3n) is 4.92. The van der Waals surface area contributed by atoms with Crippen LogP contribution in [0.1, 0.15) is 53.7 Å². The van der Waals surface area contributed by atoms with Gasteiger partial charge in [-0.1, -0.05) is 6.85 Å². The van der Waals surface area contributed by atoms with Crippen LogP contribution < -0.4 is 0 Å². The predicted molar refractivity (Wildman–Crippen MR) is 105 cm³/mol. The molecular formula is C22H18F4N4O. The largest absolute Gasteiger partial charge is 0.416 e. The number of amides is 1. The second-order valence-electron chi connectivity index (χ2n) is 6.92. The number of aromatic nitrogens is 3. The van der Waals surface area contributed by atoms with Crippen LogP contribution in [0.25, 0.3) is 11.4 Å². The molecule has 0 radical (unpaired) electrons. The molecule has 9 heteroatoms. The van der Waals surface area contributed by atoms with Crippen LogP contribution in [0.5, 0.6) is 0 Å². The molecule has 1 aliphatic heterocycles. The zero-order valence-electron chi connectivity index (χ0n) is 21.7. The smallest absolute Gasteiger partial charge is 0.341 e. The van der Waals surface area contributed by atoms with Crippen molar-refractivity contribution in [3.05, 3.63) is 76.6 Å². The summed E-state index contributed by atoms with van der Waals surface area (Å²) in [6.45, 7) is -5.68. The molecule has 3 aromatic rings. The Balaban J connectivity index is 1.82. The first-order valence-electron chi connectivity index (χ1n) is 12.1. The topological polar surface area (TPSA) is 59.0 Å². The van der Waals surface area contributed by atoms with Gasteiger partial charge >= 0.3 is 6.18 Å². The van der Waals surface area contributed by atoms with Crippen molar-refractivity contribution in [3.8, 4) is 11.4 Å². The molecule has 160 valence electrons. The summed E-state index contributed by atoms with van der Waals surface area (Å²) in [7, 11) is 0. The SMILES string of the molecule is [2H]C([2H])([2H])C(c1cc(F)cc(C(F)(F)F)c1)c1cc(-c2nccc3c2CCN(C([2H])([2H])[2H])C3=O)ncn1. The molecular weight excluding hydrogens is 412 g/mol. The average Bonchev–Trinajstić information content (AvgIpc) is 2.76. The molecule has 0 saturated heterocycles. The lowest BCUT2D eigenvalue weighted by molar-refractivity contribution is -0.137. The maximum atomic E-state index is 14.1. The Morgan fingerprint density at radius 2 is 2.00 bits per heavy atom. The Hall–Kier alpha value is -3.36. The van der Waals surface area contributed by atoms with Gasteiger partial charge in [0.2, 0.25) is 0 Å². The Labute approximate surface area is 184 Å². The minimum Gasteiger partial charge on any atom is -0.341 e. The fourth-order valence-corrected chi connectivity index (χ4v) is 3.41. The molecule has 31 heavy (non-hydrogen) atoms. The van der Waals surface area contributed by atoms with Crippen LogP contribution in [0, 0.1) is 5.82 Å². The number of pyridine rings is 1. The third kappa shape index (κ3) is 3.99. The summed E-state index contributed by atoms with van der Waals surface area (Å²) < 4.78 is 100. The molecule has 1 aromatic carbocycles. The summed E-state index contributed by atoms with van der Waals surface area (Å²) in [5.41, 5.74) is -1.31. The minimum atomic E-state index is -4.91. The van der Waals surface area contributed by atoms with E-state index in [1.165, 1.54) is 18.3 Å². The molecule has 0 fully saturated rings. The Morgan fingerprint density at radius 3 is 2.74 bits per heavy atom. The maximum Gasteiger partial charge on any atom is 0.416 e. The highest BCUT2D eigenvalue weighted by molar-refractivity contribution is 5.98. The Bertz CT molecular complexity index is 1360. The second-order valence-corrected chi connectivity index (χ2v) is 6.92. The van der Waals surface area contributed by atoms with E-state index >= 15 is 0 Å². The molecule has 4 rings (SSSR count). The van der Waals surface area contributed by atoms with E-state index in [9.17, 15) is 22.4 Å². The number of rotatable bonds is 3. The molecule has 1 atom stereocenters. The normalized spacial score (nSPS) is 18.7. The number of fused-ring (bicyclic) bond motifs is 1. The van der Waals surface area contributed by atoms with Crippen LogP contribution in [0.15, 0.2) is 42.9 Å². The average molecular weight is 436 g/mol. The van der Waals surface area contributed by atoms with Crippen LogP contribution in [-0.4, -0.2) is 39.3 Å². The summed E-state index contributed by atoms with van der Waals surface area (Å²) >= 11 is 0. The van der Waals surface area contributed by atoms with Gasteiger partial charge < -0.3 is 4.90 Å². The molecule has 1 aliphatic rings. The van der Waals surface area contributed by atoms with Gasteiger partial charge in [0.05, 0.1) is 22.6 Å². The van der Waals surface area contributed by atoms with E-state index in [4.69, 9.17) is 8.22 Å². The number of carbonyl (C=O) groups is 1. The lowest BCUT2D eigenvalue weighted by atomic mass is 9.93. The highest BCUT2D eigenvalue weighted by atomic mass is 19.4. The molecule has 1 amide bonds. The minimum absolute atomic E-state index is 0.0682. The molecule has 0 N–H and O–H groups in total. The zero-order chi connectivity index (χ0) is 27.3. The fourth-order valence-electron chi connectivity index (χ4n) is 3.41. The van der Waals surface area contributed by atoms with Crippen molar-refractivity contribution < 1.29 is 30.6 Å². The first-order valence-corrected chi connectivity index (χ1v) is 9.07. The van der Waals surface area contributed by atoms with Crippen LogP contribution in [0.2, 0.25) is 0 Å². The fraction of sp³-hybridized carbons (Fsp3) is 0.273. The molecule has 0 bridgehead atoms. The summed E-state index contributed by atoms with van der Waals surface area (Å²) in [6, 6.07) is 4.10. The van der Waals surface area contributed by atoms with E-state index in [1.807, 2.05) is 0 Å². The standard InChI is InChI=1S/C22H18F4N4O/c1-12(13-7-14(22(24,25)26)9-15(23)8-13)18-10-19(29-11-28-18)20-16-4-6-30(2)21(31)17(16)3-5-27-20/h3,5,7-12H,4,6H2,1-2H3/i1D3,2D3. The number of benzene rings is 1. The molecule has 0 aliphatic carbocycles. The van der Waals surface area contributed by atoms with E-state index in [-0.39, 0.29) is 41.7 Å². The highest BCUT2D eigenvalue weighted by Crippen LogP contribution is 2.34. The van der Waals surface area contributed by atoms with E-state index in [0.29, 0.717) is 17.7 Å². The third-order valence-corrected chi connectivity index (χ3v) is 4.92. The molecule has 5 nitrogen and oxygen atoms in total. The first kappa shape index (κ1) is 14.6. The second kappa shape index (κ2) is 7.72. The number of hydrogen-bond donors (Lipinski definition) is 0. The van der Waals surface area contributed by atoms with Gasteiger partial charge in [0, 0.05) is 39.4 Å². The monoisotopic (exact) mass is 436 g/mol. The van der Waals surface area contributed by atoms with Gasteiger partial charge in [-0.25, -0.2) is 14.4 Å². The predicted octanol–water partition coefficient (Wildman–Crippen LogP) is 4.48. The maximum absolute atomic E-state index is 14.1. The van der Waals surface area contributed by atoms with Gasteiger partial charge in [0.25, 0.3) is 5.91 Å². The van der Waals surface area contributed by atoms with E-state index in [1.54, 1.807) is 0 Å². The number of alkyl halides is 3. The lowest BCUT2D eigenvalue weighted by Gasteiger charge is -2.25. The number of carbonyl (C=O) groups excluding carboxylic acids is 1. The quantitative estimate of drug-likeness (QED) is 0.569. The zero-order valence-corrected chi connectivity index (χ0v) is 15.7. The Morgan fingerprint density at radius 1 is 1.16 bits per heavy atom. The first-order chi connectivity index (χ1) is 17.1. The van der Waals surface area contributed by atoms with Crippen LogP contribution >= 0.6 is 0 Å². The van der Waals surface area contributed by atoms with Crippen molar-refractivity contribution in [1.29, 1.82) is 0 Å². The summed E-state index contributed by atoms with van der Waals surface area (Å²) in [5.74, 6) is -3.73. The van der Waals surface area contributed by atoms with Gasteiger partial charge in [-0.15, -0.1) is 0 Å². The van der Waals surface area contributed by atoms with E-state index in [2.05, 4.69) is 15.0 Å². The number of halogens is 4. The van der Waals surface area contributed by atoms with Crippen molar-refractivity contribution in [2.24, 2.45) is 0 Å². The number of likely N-dealkylation sites (N-methyl/N-ethyl adjacent to an activating group) is 1. The van der Waals surface area contributed by atoms with Crippen molar-refractivity contribution in [3.63, 3.8) is 0 Å². The van der Waals surface area contributed by atoms with Gasteiger partial charge in [-0.2, -0.15) is 13.2 Å². The van der Waals surface area contributed by atoms with E-state index in [0.717, 1.165) is 11.2 Å². The van der Waals surface area contributed by atoms with Gasteiger partial charge in [0.1, 0.15) is 12.1 Å². The molecule has 1 unspecified atom stereocenters. The van der Waals surface area contributed by atoms with Crippen LogP contribution in [-0.2, 0) is 12.6 Å². The number of hydrogen-bond acceptors (Lipinski definition) is 4. The molecule has 2 aromatic heterocycles. The lowest BCUT2D eigenvalue weighted by Crippen LogP contribution is -2.34.